The average Bonchev–Trinajstić information content (AvgIpc) is 3.39. The van der Waals surface area contributed by atoms with Crippen molar-refractivity contribution in [3.63, 3.8) is 0 Å². The Morgan fingerprint density at radius 3 is 2.63 bits per heavy atom. The second-order valence-corrected chi connectivity index (χ2v) is 8.68. The third-order valence-corrected chi connectivity index (χ3v) is 6.40. The fourth-order valence-corrected chi connectivity index (χ4v) is 4.61. The van der Waals surface area contributed by atoms with Crippen molar-refractivity contribution in [3.8, 4) is 11.3 Å². The average molecular weight is 484 g/mol. The number of likely N-dealkylation sites (tertiary alicyclic amines) is 1. The molecule has 35 heavy (non-hydrogen) atoms. The van der Waals surface area contributed by atoms with Crippen LogP contribution in [0.3, 0.4) is 0 Å². The van der Waals surface area contributed by atoms with Crippen molar-refractivity contribution < 1.29 is 13.6 Å². The van der Waals surface area contributed by atoms with Gasteiger partial charge >= 0.3 is 0 Å². The summed E-state index contributed by atoms with van der Waals surface area (Å²) in [5.41, 5.74) is 3.12. The number of nitrogens with zero attached hydrogens (tertiary/aromatic N) is 7. The number of imidazole rings is 1. The van der Waals surface area contributed by atoms with Gasteiger partial charge < -0.3 is 20.1 Å². The largest absolute Gasteiger partial charge is 0.371 e. The standard InChI is InChI=1S/C23H27F2N9O/c1-13-27-18-5-4-17(29-22(18)33(13)12-19(24)25)16-8-11-34-20(16)21(26-3)30-23(31-34)28-15-6-9-32(10-7-15)14(2)35/h4-5,8,11,15,19H,6-7,9-10,12H2,1-3H3,(H2,26,28,30,31). The van der Waals surface area contributed by atoms with Crippen LogP contribution in [0.2, 0.25) is 0 Å². The lowest BCUT2D eigenvalue weighted by Gasteiger charge is -2.31. The number of carbonyl (C=O) groups excluding carboxylic acids is 1. The first-order chi connectivity index (χ1) is 16.8. The van der Waals surface area contributed by atoms with Gasteiger partial charge in [-0.2, -0.15) is 4.98 Å². The van der Waals surface area contributed by atoms with Gasteiger partial charge in [0.1, 0.15) is 16.9 Å². The molecule has 5 rings (SSSR count). The fourth-order valence-electron chi connectivity index (χ4n) is 4.61. The number of amides is 1. The molecule has 0 aromatic carbocycles. The van der Waals surface area contributed by atoms with Gasteiger partial charge in [-0.1, -0.05) is 0 Å². The van der Waals surface area contributed by atoms with Crippen LogP contribution in [0, 0.1) is 6.92 Å². The molecular weight excluding hydrogens is 456 g/mol. The molecule has 4 aromatic heterocycles. The number of carbonyl (C=O) groups is 1. The maximum atomic E-state index is 13.1. The van der Waals surface area contributed by atoms with Gasteiger partial charge in [-0.05, 0) is 38.0 Å². The summed E-state index contributed by atoms with van der Waals surface area (Å²) in [7, 11) is 1.78. The van der Waals surface area contributed by atoms with Crippen LogP contribution in [0.15, 0.2) is 24.4 Å². The van der Waals surface area contributed by atoms with E-state index in [1.807, 2.05) is 23.2 Å². The molecule has 0 bridgehead atoms. The molecule has 0 unspecified atom stereocenters. The summed E-state index contributed by atoms with van der Waals surface area (Å²) in [6.45, 7) is 4.24. The van der Waals surface area contributed by atoms with Gasteiger partial charge in [0.15, 0.2) is 11.5 Å². The highest BCUT2D eigenvalue weighted by molar-refractivity contribution is 5.89. The quantitative estimate of drug-likeness (QED) is 0.434. The molecule has 12 heteroatoms. The molecule has 1 aliphatic rings. The van der Waals surface area contributed by atoms with Crippen LogP contribution in [0.25, 0.3) is 27.9 Å². The lowest BCUT2D eigenvalue weighted by molar-refractivity contribution is -0.129. The van der Waals surface area contributed by atoms with Crippen molar-refractivity contribution in [2.75, 3.05) is 30.8 Å². The van der Waals surface area contributed by atoms with Gasteiger partial charge in [0, 0.05) is 44.9 Å². The first kappa shape index (κ1) is 22.9. The van der Waals surface area contributed by atoms with Crippen molar-refractivity contribution >= 4 is 34.4 Å². The maximum absolute atomic E-state index is 13.1. The lowest BCUT2D eigenvalue weighted by atomic mass is 10.1. The molecule has 0 saturated carbocycles. The van der Waals surface area contributed by atoms with Crippen LogP contribution in [-0.2, 0) is 11.3 Å². The number of fused-ring (bicyclic) bond motifs is 2. The van der Waals surface area contributed by atoms with Gasteiger partial charge in [0.2, 0.25) is 11.9 Å². The van der Waals surface area contributed by atoms with Crippen molar-refractivity contribution in [2.24, 2.45) is 0 Å². The van der Waals surface area contributed by atoms with E-state index in [4.69, 9.17) is 0 Å². The third kappa shape index (κ3) is 4.35. The van der Waals surface area contributed by atoms with Gasteiger partial charge in [-0.15, -0.1) is 5.10 Å². The summed E-state index contributed by atoms with van der Waals surface area (Å²) < 4.78 is 29.4. The lowest BCUT2D eigenvalue weighted by Crippen LogP contribution is -2.41. The number of hydrogen-bond acceptors (Lipinski definition) is 7. The minimum atomic E-state index is -2.50. The molecular formula is C23H27F2N9O. The number of piperidine rings is 1. The molecule has 10 nitrogen and oxygen atoms in total. The molecule has 1 amide bonds. The second-order valence-electron chi connectivity index (χ2n) is 8.68. The Morgan fingerprint density at radius 1 is 1.17 bits per heavy atom. The first-order valence-corrected chi connectivity index (χ1v) is 11.6. The summed E-state index contributed by atoms with van der Waals surface area (Å²) in [4.78, 5) is 27.1. The molecule has 184 valence electrons. The van der Waals surface area contributed by atoms with E-state index in [1.165, 1.54) is 4.57 Å². The molecule has 1 aliphatic heterocycles. The number of hydrogen-bond donors (Lipinski definition) is 2. The van der Waals surface area contributed by atoms with Gasteiger partial charge in [-0.3, -0.25) is 4.79 Å². The summed E-state index contributed by atoms with van der Waals surface area (Å²) in [6, 6.07) is 5.67. The number of pyridine rings is 1. The van der Waals surface area contributed by atoms with Gasteiger partial charge in [0.25, 0.3) is 6.43 Å². The smallest absolute Gasteiger partial charge is 0.256 e. The van der Waals surface area contributed by atoms with Crippen LogP contribution in [-0.4, -0.2) is 72.5 Å². The number of aromatic nitrogens is 6. The summed E-state index contributed by atoms with van der Waals surface area (Å²) >= 11 is 0. The van der Waals surface area contributed by atoms with Gasteiger partial charge in [0.05, 0.1) is 12.2 Å². The van der Waals surface area contributed by atoms with Crippen molar-refractivity contribution in [3.05, 3.63) is 30.2 Å². The van der Waals surface area contributed by atoms with E-state index in [2.05, 4.69) is 30.7 Å². The number of alkyl halides is 2. The Bertz CT molecular complexity index is 1390. The molecule has 5 heterocycles. The minimum absolute atomic E-state index is 0.0951. The maximum Gasteiger partial charge on any atom is 0.256 e. The first-order valence-electron chi connectivity index (χ1n) is 11.6. The second kappa shape index (κ2) is 9.08. The number of nitrogens with one attached hydrogen (secondary N) is 2. The monoisotopic (exact) mass is 483 g/mol. The number of halogens is 2. The highest BCUT2D eigenvalue weighted by atomic mass is 19.3. The minimum Gasteiger partial charge on any atom is -0.371 e. The van der Waals surface area contributed by atoms with E-state index < -0.39 is 13.0 Å². The number of rotatable bonds is 6. The highest BCUT2D eigenvalue weighted by Crippen LogP contribution is 2.31. The molecule has 0 spiro atoms. The SMILES string of the molecule is CNc1nc(NC2CCN(C(C)=O)CC2)nn2ccc(-c3ccc4nc(C)n(CC(F)F)c4n3)c12. The summed E-state index contributed by atoms with van der Waals surface area (Å²) in [6.07, 6.45) is 0.964. The molecule has 0 aliphatic carbocycles. The normalized spacial score (nSPS) is 14.9. The van der Waals surface area contributed by atoms with Gasteiger partial charge in [-0.25, -0.2) is 23.3 Å². The van der Waals surface area contributed by atoms with Crippen molar-refractivity contribution in [1.29, 1.82) is 0 Å². The van der Waals surface area contributed by atoms with E-state index in [0.717, 1.165) is 23.9 Å². The van der Waals surface area contributed by atoms with Crippen LogP contribution in [0.4, 0.5) is 20.5 Å². The zero-order valence-corrected chi connectivity index (χ0v) is 19.8. The van der Waals surface area contributed by atoms with E-state index in [9.17, 15) is 13.6 Å². The Hall–Kier alpha value is -3.83. The Balaban J connectivity index is 1.47. The summed E-state index contributed by atoms with van der Waals surface area (Å²) in [5.74, 6) is 1.69. The summed E-state index contributed by atoms with van der Waals surface area (Å²) in [5, 5.41) is 11.2. The van der Waals surface area contributed by atoms with Crippen LogP contribution in [0.1, 0.15) is 25.6 Å². The topological polar surface area (TPSA) is 105 Å². The van der Waals surface area contributed by atoms with E-state index in [-0.39, 0.29) is 11.9 Å². The van der Waals surface area contributed by atoms with E-state index >= 15 is 0 Å². The predicted octanol–water partition coefficient (Wildman–Crippen LogP) is 3.18. The molecule has 1 fully saturated rings. The fraction of sp³-hybridized carbons (Fsp3) is 0.435. The Kier molecular flexibility index (Phi) is 5.95. The Morgan fingerprint density at radius 2 is 1.94 bits per heavy atom. The molecule has 4 aromatic rings. The van der Waals surface area contributed by atoms with Crippen LogP contribution in [0.5, 0.6) is 0 Å². The predicted molar refractivity (Wildman–Crippen MR) is 129 cm³/mol. The molecule has 2 N–H and O–H groups in total. The van der Waals surface area contributed by atoms with Crippen LogP contribution >= 0.6 is 0 Å². The van der Waals surface area contributed by atoms with Crippen molar-refractivity contribution in [2.45, 2.75) is 45.7 Å². The molecule has 0 radical (unpaired) electrons. The van der Waals surface area contributed by atoms with E-state index in [0.29, 0.717) is 47.5 Å². The molecule has 1 saturated heterocycles. The molecule has 0 atom stereocenters. The van der Waals surface area contributed by atoms with E-state index in [1.54, 1.807) is 31.5 Å². The highest BCUT2D eigenvalue weighted by Gasteiger charge is 2.23. The zero-order valence-electron chi connectivity index (χ0n) is 19.8. The Labute approximate surface area is 200 Å². The zero-order chi connectivity index (χ0) is 24.7. The number of aryl methyl sites for hydroxylation is 1. The third-order valence-electron chi connectivity index (χ3n) is 6.40. The number of anilines is 2. The van der Waals surface area contributed by atoms with Crippen molar-refractivity contribution in [1.82, 2.24) is 34.0 Å². The van der Waals surface area contributed by atoms with Crippen LogP contribution < -0.4 is 10.6 Å².